The van der Waals surface area contributed by atoms with Crippen LogP contribution in [-0.2, 0) is 4.74 Å². The van der Waals surface area contributed by atoms with Crippen molar-refractivity contribution in [3.05, 3.63) is 53.0 Å². The van der Waals surface area contributed by atoms with Gasteiger partial charge in [-0.3, -0.25) is 0 Å². The van der Waals surface area contributed by atoms with Crippen LogP contribution in [0.15, 0.2) is 41.8 Å². The maximum absolute atomic E-state index is 12.2. The number of rotatable bonds is 4. The Hall–Kier alpha value is -2.40. The Labute approximate surface area is 132 Å². The average Bonchev–Trinajstić information content (AvgIpc) is 3.14. The molecule has 0 saturated heterocycles. The molecule has 0 spiro atoms. The number of H-pyrrole nitrogens is 1. The number of ether oxygens (including phenoxy) is 1. The lowest BCUT2D eigenvalue weighted by Crippen LogP contribution is -2.06. The predicted octanol–water partition coefficient (Wildman–Crippen LogP) is 4.29. The quantitative estimate of drug-likeness (QED) is 0.731. The summed E-state index contributed by atoms with van der Waals surface area (Å²) in [7, 11) is 0. The third-order valence-corrected chi connectivity index (χ3v) is 4.26. The first-order valence-electron chi connectivity index (χ1n) is 7.07. The SMILES string of the molecule is CCOC(=O)c1nc(-c2ccccc2)[nH]c1-c1cc(C)cs1. The Kier molecular flexibility index (Phi) is 4.06. The van der Waals surface area contributed by atoms with E-state index in [4.69, 9.17) is 4.74 Å². The van der Waals surface area contributed by atoms with Gasteiger partial charge in [0.1, 0.15) is 5.82 Å². The molecule has 0 aliphatic rings. The molecule has 4 nitrogen and oxygen atoms in total. The molecule has 0 aliphatic carbocycles. The molecule has 2 heterocycles. The van der Waals surface area contributed by atoms with Crippen LogP contribution < -0.4 is 0 Å². The summed E-state index contributed by atoms with van der Waals surface area (Å²) in [5.41, 5.74) is 3.15. The first-order chi connectivity index (χ1) is 10.7. The van der Waals surface area contributed by atoms with Gasteiger partial charge in [-0.05, 0) is 30.9 Å². The van der Waals surface area contributed by atoms with Gasteiger partial charge in [0.25, 0.3) is 0 Å². The van der Waals surface area contributed by atoms with E-state index in [0.717, 1.165) is 21.7 Å². The molecule has 5 heteroatoms. The van der Waals surface area contributed by atoms with Crippen LogP contribution >= 0.6 is 11.3 Å². The van der Waals surface area contributed by atoms with Crippen LogP contribution in [0.3, 0.4) is 0 Å². The highest BCUT2D eigenvalue weighted by atomic mass is 32.1. The van der Waals surface area contributed by atoms with Gasteiger partial charge in [-0.2, -0.15) is 0 Å². The van der Waals surface area contributed by atoms with Crippen LogP contribution in [0.5, 0.6) is 0 Å². The highest BCUT2D eigenvalue weighted by Gasteiger charge is 2.21. The molecule has 0 aliphatic heterocycles. The second kappa shape index (κ2) is 6.15. The van der Waals surface area contributed by atoms with Crippen molar-refractivity contribution in [2.24, 2.45) is 0 Å². The largest absolute Gasteiger partial charge is 0.461 e. The molecule has 0 bridgehead atoms. The zero-order valence-corrected chi connectivity index (χ0v) is 13.2. The number of imidazole rings is 1. The van der Waals surface area contributed by atoms with Gasteiger partial charge in [0.05, 0.1) is 17.2 Å². The van der Waals surface area contributed by atoms with Crippen molar-refractivity contribution >= 4 is 17.3 Å². The molecule has 0 fully saturated rings. The molecule has 0 unspecified atom stereocenters. The van der Waals surface area contributed by atoms with Gasteiger partial charge in [-0.15, -0.1) is 11.3 Å². The molecule has 0 saturated carbocycles. The van der Waals surface area contributed by atoms with Crippen LogP contribution in [0.2, 0.25) is 0 Å². The molecule has 112 valence electrons. The lowest BCUT2D eigenvalue weighted by molar-refractivity contribution is 0.0521. The van der Waals surface area contributed by atoms with Crippen molar-refractivity contribution < 1.29 is 9.53 Å². The first-order valence-corrected chi connectivity index (χ1v) is 7.95. The lowest BCUT2D eigenvalue weighted by atomic mass is 10.2. The highest BCUT2D eigenvalue weighted by Crippen LogP contribution is 2.31. The second-order valence-corrected chi connectivity index (χ2v) is 5.80. The zero-order valence-electron chi connectivity index (χ0n) is 12.4. The minimum atomic E-state index is -0.401. The van der Waals surface area contributed by atoms with Crippen LogP contribution in [0.1, 0.15) is 23.0 Å². The van der Waals surface area contributed by atoms with Crippen molar-refractivity contribution in [1.82, 2.24) is 9.97 Å². The molecule has 0 atom stereocenters. The Morgan fingerprint density at radius 3 is 2.73 bits per heavy atom. The van der Waals surface area contributed by atoms with Crippen LogP contribution in [0.25, 0.3) is 22.0 Å². The van der Waals surface area contributed by atoms with E-state index in [1.54, 1.807) is 18.3 Å². The highest BCUT2D eigenvalue weighted by molar-refractivity contribution is 7.13. The number of hydrogen-bond donors (Lipinski definition) is 1. The average molecular weight is 312 g/mol. The van der Waals surface area contributed by atoms with E-state index in [-0.39, 0.29) is 0 Å². The summed E-state index contributed by atoms with van der Waals surface area (Å²) in [4.78, 5) is 20.9. The maximum atomic E-state index is 12.2. The monoisotopic (exact) mass is 312 g/mol. The molecule has 22 heavy (non-hydrogen) atoms. The van der Waals surface area contributed by atoms with E-state index in [2.05, 4.69) is 9.97 Å². The normalized spacial score (nSPS) is 10.6. The number of thiophene rings is 1. The molecule has 3 rings (SSSR count). The number of carbonyl (C=O) groups is 1. The van der Waals surface area contributed by atoms with Crippen LogP contribution in [-0.4, -0.2) is 22.5 Å². The number of esters is 1. The summed E-state index contributed by atoms with van der Waals surface area (Å²) >= 11 is 1.58. The second-order valence-electron chi connectivity index (χ2n) is 4.88. The molecule has 1 N–H and O–H groups in total. The standard InChI is InChI=1S/C17H16N2O2S/c1-3-21-17(20)15-14(13-9-11(2)10-22-13)18-16(19-15)12-7-5-4-6-8-12/h4-10H,3H2,1-2H3,(H,18,19). The number of carbonyl (C=O) groups excluding carboxylic acids is 1. The van der Waals surface area contributed by atoms with Crippen molar-refractivity contribution in [2.45, 2.75) is 13.8 Å². The number of nitrogens with zero attached hydrogens (tertiary/aromatic N) is 1. The Morgan fingerprint density at radius 1 is 1.32 bits per heavy atom. The smallest absolute Gasteiger partial charge is 0.359 e. The predicted molar refractivity (Wildman–Crippen MR) is 88.0 cm³/mol. The maximum Gasteiger partial charge on any atom is 0.359 e. The topological polar surface area (TPSA) is 55.0 Å². The number of aryl methyl sites for hydroxylation is 1. The van der Waals surface area contributed by atoms with Crippen LogP contribution in [0.4, 0.5) is 0 Å². The van der Waals surface area contributed by atoms with Crippen molar-refractivity contribution in [3.63, 3.8) is 0 Å². The van der Waals surface area contributed by atoms with E-state index in [1.165, 1.54) is 0 Å². The molecule has 3 aromatic rings. The van der Waals surface area contributed by atoms with Crippen molar-refractivity contribution in [3.8, 4) is 22.0 Å². The fraction of sp³-hybridized carbons (Fsp3) is 0.176. The summed E-state index contributed by atoms with van der Waals surface area (Å²) in [5, 5.41) is 2.05. The van der Waals surface area contributed by atoms with E-state index < -0.39 is 5.97 Å². The third-order valence-electron chi connectivity index (χ3n) is 3.20. The Balaban J connectivity index is 2.10. The number of benzene rings is 1. The minimum Gasteiger partial charge on any atom is -0.461 e. The number of aromatic nitrogens is 2. The number of aromatic amines is 1. The molecular formula is C17H16N2O2S. The molecule has 0 radical (unpaired) electrons. The Bertz CT molecular complexity index is 790. The fourth-order valence-electron chi connectivity index (χ4n) is 2.19. The Morgan fingerprint density at radius 2 is 2.09 bits per heavy atom. The summed E-state index contributed by atoms with van der Waals surface area (Å²) in [6.07, 6.45) is 0. The molecule has 2 aromatic heterocycles. The minimum absolute atomic E-state index is 0.329. The van der Waals surface area contributed by atoms with Crippen molar-refractivity contribution in [1.29, 1.82) is 0 Å². The van der Waals surface area contributed by atoms with Gasteiger partial charge < -0.3 is 9.72 Å². The van der Waals surface area contributed by atoms with E-state index in [0.29, 0.717) is 18.1 Å². The van der Waals surface area contributed by atoms with Gasteiger partial charge in [0.2, 0.25) is 0 Å². The fourth-order valence-corrected chi connectivity index (χ4v) is 3.09. The van der Waals surface area contributed by atoms with E-state index in [1.807, 2.05) is 48.7 Å². The summed E-state index contributed by atoms with van der Waals surface area (Å²) < 4.78 is 5.13. The van der Waals surface area contributed by atoms with E-state index >= 15 is 0 Å². The summed E-state index contributed by atoms with van der Waals surface area (Å²) in [6.45, 7) is 4.14. The summed E-state index contributed by atoms with van der Waals surface area (Å²) in [6, 6.07) is 11.8. The number of hydrogen-bond acceptors (Lipinski definition) is 4. The van der Waals surface area contributed by atoms with Gasteiger partial charge in [0.15, 0.2) is 5.69 Å². The van der Waals surface area contributed by atoms with Gasteiger partial charge in [-0.1, -0.05) is 30.3 Å². The molecule has 0 amide bonds. The van der Waals surface area contributed by atoms with Gasteiger partial charge in [-0.25, -0.2) is 9.78 Å². The van der Waals surface area contributed by atoms with Crippen LogP contribution in [0, 0.1) is 6.92 Å². The van der Waals surface area contributed by atoms with Gasteiger partial charge >= 0.3 is 5.97 Å². The van der Waals surface area contributed by atoms with Gasteiger partial charge in [0, 0.05) is 5.56 Å². The summed E-state index contributed by atoms with van der Waals surface area (Å²) in [5.74, 6) is 0.270. The number of nitrogens with one attached hydrogen (secondary N) is 1. The third kappa shape index (κ3) is 2.80. The first kappa shape index (κ1) is 14.5. The zero-order chi connectivity index (χ0) is 15.5. The van der Waals surface area contributed by atoms with Crippen molar-refractivity contribution in [2.75, 3.05) is 6.61 Å². The van der Waals surface area contributed by atoms with E-state index in [9.17, 15) is 4.79 Å². The molecular weight excluding hydrogens is 296 g/mol. The lowest BCUT2D eigenvalue weighted by Gasteiger charge is -2.00. The molecule has 1 aromatic carbocycles.